The summed E-state index contributed by atoms with van der Waals surface area (Å²) in [4.78, 5) is 24.1. The first kappa shape index (κ1) is 12.2. The minimum absolute atomic E-state index is 0.163. The highest BCUT2D eigenvalue weighted by Gasteiger charge is 2.38. The molecule has 0 radical (unpaired) electrons. The number of carbonyl (C=O) groups excluding carboxylic acids is 1. The second-order valence-corrected chi connectivity index (χ2v) is 5.17. The lowest BCUT2D eigenvalue weighted by molar-refractivity contribution is -0.140. The van der Waals surface area contributed by atoms with Gasteiger partial charge in [0, 0.05) is 6.54 Å². The Balaban J connectivity index is 2.03. The fraction of sp³-hybridized carbons (Fsp3) is 0.833. The molecule has 0 aromatic rings. The molecule has 0 aromatic heterocycles. The van der Waals surface area contributed by atoms with Crippen molar-refractivity contribution in [3.63, 3.8) is 0 Å². The first-order chi connectivity index (χ1) is 8.11. The fourth-order valence-electron chi connectivity index (χ4n) is 2.99. The Labute approximate surface area is 101 Å². The van der Waals surface area contributed by atoms with Crippen LogP contribution in [0.2, 0.25) is 0 Å². The number of cyclic esters (lactones) is 1. The molecule has 0 unspecified atom stereocenters. The molecule has 2 rings (SSSR count). The van der Waals surface area contributed by atoms with E-state index in [1.807, 2.05) is 0 Å². The zero-order valence-corrected chi connectivity index (χ0v) is 9.98. The monoisotopic (exact) mass is 241 g/mol. The van der Waals surface area contributed by atoms with Gasteiger partial charge in [0.05, 0.1) is 13.0 Å². The van der Waals surface area contributed by atoms with Crippen LogP contribution in [0, 0.1) is 5.41 Å². The molecule has 1 amide bonds. The third-order valence-electron chi connectivity index (χ3n) is 3.81. The smallest absolute Gasteiger partial charge is 0.409 e. The number of amides is 1. The van der Waals surface area contributed by atoms with Gasteiger partial charge in [-0.05, 0) is 18.3 Å². The summed E-state index contributed by atoms with van der Waals surface area (Å²) >= 11 is 0. The van der Waals surface area contributed by atoms with Gasteiger partial charge in [-0.1, -0.05) is 19.3 Å². The van der Waals surface area contributed by atoms with Crippen LogP contribution in [0.1, 0.15) is 38.5 Å². The van der Waals surface area contributed by atoms with E-state index in [-0.39, 0.29) is 17.9 Å². The fourth-order valence-corrected chi connectivity index (χ4v) is 2.99. The Kier molecular flexibility index (Phi) is 3.54. The Hall–Kier alpha value is -1.26. The van der Waals surface area contributed by atoms with Gasteiger partial charge in [0.1, 0.15) is 6.61 Å². The van der Waals surface area contributed by atoms with E-state index in [0.29, 0.717) is 19.7 Å². The highest BCUT2D eigenvalue weighted by Crippen LogP contribution is 2.40. The van der Waals surface area contributed by atoms with E-state index in [4.69, 9.17) is 9.84 Å². The number of nitrogens with zero attached hydrogens (tertiary/aromatic N) is 1. The zero-order valence-electron chi connectivity index (χ0n) is 9.98. The lowest BCUT2D eigenvalue weighted by Crippen LogP contribution is -2.41. The van der Waals surface area contributed by atoms with Crippen molar-refractivity contribution in [3.05, 3.63) is 0 Å². The van der Waals surface area contributed by atoms with Crippen LogP contribution in [0.5, 0.6) is 0 Å². The van der Waals surface area contributed by atoms with Crippen molar-refractivity contribution in [2.45, 2.75) is 38.5 Å². The molecule has 96 valence electrons. The van der Waals surface area contributed by atoms with E-state index in [9.17, 15) is 9.59 Å². The number of carbonyl (C=O) groups is 2. The van der Waals surface area contributed by atoms with Crippen molar-refractivity contribution in [1.82, 2.24) is 4.90 Å². The van der Waals surface area contributed by atoms with Crippen LogP contribution in [-0.2, 0) is 9.53 Å². The molecule has 1 saturated carbocycles. The molecule has 0 bridgehead atoms. The summed E-state index contributed by atoms with van der Waals surface area (Å²) in [5.74, 6) is -0.764. The van der Waals surface area contributed by atoms with E-state index >= 15 is 0 Å². The van der Waals surface area contributed by atoms with Crippen molar-refractivity contribution in [2.24, 2.45) is 5.41 Å². The number of rotatable bonds is 4. The molecular weight excluding hydrogens is 222 g/mol. The van der Waals surface area contributed by atoms with E-state index in [1.54, 1.807) is 4.90 Å². The molecule has 1 aliphatic carbocycles. The first-order valence-electron chi connectivity index (χ1n) is 6.25. The maximum Gasteiger partial charge on any atom is 0.409 e. The Bertz CT molecular complexity index is 310. The van der Waals surface area contributed by atoms with Gasteiger partial charge < -0.3 is 14.7 Å². The lowest BCUT2D eigenvalue weighted by Gasteiger charge is -2.38. The molecule has 2 aliphatic rings. The maximum absolute atomic E-state index is 11.4. The molecular formula is C12H19NO4. The van der Waals surface area contributed by atoms with Crippen molar-refractivity contribution < 1.29 is 19.4 Å². The second-order valence-electron chi connectivity index (χ2n) is 5.17. The molecule has 0 atom stereocenters. The zero-order chi connectivity index (χ0) is 12.3. The normalized spacial score (nSPS) is 23.5. The predicted molar refractivity (Wildman–Crippen MR) is 60.7 cm³/mol. The summed E-state index contributed by atoms with van der Waals surface area (Å²) in [5.41, 5.74) is -0.229. The van der Waals surface area contributed by atoms with Crippen LogP contribution >= 0.6 is 0 Å². The number of carboxylic acids is 1. The van der Waals surface area contributed by atoms with Gasteiger partial charge in [-0.15, -0.1) is 0 Å². The van der Waals surface area contributed by atoms with Crippen molar-refractivity contribution in [2.75, 3.05) is 19.7 Å². The number of hydrogen-bond acceptors (Lipinski definition) is 3. The molecule has 0 spiro atoms. The van der Waals surface area contributed by atoms with Crippen LogP contribution < -0.4 is 0 Å². The molecule has 5 nitrogen and oxygen atoms in total. The van der Waals surface area contributed by atoms with E-state index in [2.05, 4.69) is 0 Å². The summed E-state index contributed by atoms with van der Waals surface area (Å²) < 4.78 is 4.90. The third kappa shape index (κ3) is 2.90. The largest absolute Gasteiger partial charge is 0.481 e. The van der Waals surface area contributed by atoms with E-state index in [1.165, 1.54) is 6.42 Å². The van der Waals surface area contributed by atoms with Crippen LogP contribution in [0.4, 0.5) is 4.79 Å². The standard InChI is InChI=1S/C12H19NO4/c14-10(15)8-12(4-2-1-3-5-12)9-13-6-7-17-11(13)16/h1-9H2,(H,14,15). The number of aliphatic carboxylic acids is 1. The molecule has 1 saturated heterocycles. The summed E-state index contributed by atoms with van der Waals surface area (Å²) in [7, 11) is 0. The van der Waals surface area contributed by atoms with Crippen LogP contribution in [0.3, 0.4) is 0 Å². The minimum atomic E-state index is -0.764. The Morgan fingerprint density at radius 3 is 2.59 bits per heavy atom. The van der Waals surface area contributed by atoms with Crippen LogP contribution in [0.25, 0.3) is 0 Å². The summed E-state index contributed by atoms with van der Waals surface area (Å²) in [6.07, 6.45) is 4.99. The lowest BCUT2D eigenvalue weighted by atomic mass is 9.71. The van der Waals surface area contributed by atoms with Crippen LogP contribution in [-0.4, -0.2) is 41.8 Å². The van der Waals surface area contributed by atoms with E-state index < -0.39 is 5.97 Å². The van der Waals surface area contributed by atoms with Crippen molar-refractivity contribution >= 4 is 12.1 Å². The number of hydrogen-bond donors (Lipinski definition) is 1. The van der Waals surface area contributed by atoms with Gasteiger partial charge in [-0.25, -0.2) is 4.79 Å². The molecule has 1 heterocycles. The van der Waals surface area contributed by atoms with E-state index in [0.717, 1.165) is 25.7 Å². The van der Waals surface area contributed by atoms with Gasteiger partial charge in [-0.2, -0.15) is 0 Å². The molecule has 2 fully saturated rings. The summed E-state index contributed by atoms with van der Waals surface area (Å²) in [6, 6.07) is 0. The highest BCUT2D eigenvalue weighted by atomic mass is 16.6. The Morgan fingerprint density at radius 1 is 1.35 bits per heavy atom. The van der Waals surface area contributed by atoms with Gasteiger partial charge in [0.25, 0.3) is 0 Å². The van der Waals surface area contributed by atoms with Gasteiger partial charge in [-0.3, -0.25) is 4.79 Å². The average molecular weight is 241 g/mol. The summed E-state index contributed by atoms with van der Waals surface area (Å²) in [6.45, 7) is 1.57. The maximum atomic E-state index is 11.4. The highest BCUT2D eigenvalue weighted by molar-refractivity contribution is 5.70. The first-order valence-corrected chi connectivity index (χ1v) is 6.25. The molecule has 0 aromatic carbocycles. The quantitative estimate of drug-likeness (QED) is 0.815. The van der Waals surface area contributed by atoms with Gasteiger partial charge in [0.15, 0.2) is 0 Å². The molecule has 1 aliphatic heterocycles. The molecule has 5 heteroatoms. The number of ether oxygens (including phenoxy) is 1. The SMILES string of the molecule is O=C(O)CC1(CN2CCOC2=O)CCCCC1. The van der Waals surface area contributed by atoms with Gasteiger partial charge in [0.2, 0.25) is 0 Å². The molecule has 1 N–H and O–H groups in total. The summed E-state index contributed by atoms with van der Waals surface area (Å²) in [5, 5.41) is 9.04. The average Bonchev–Trinajstić information content (AvgIpc) is 2.64. The van der Waals surface area contributed by atoms with Crippen LogP contribution in [0.15, 0.2) is 0 Å². The van der Waals surface area contributed by atoms with Crippen molar-refractivity contribution in [3.8, 4) is 0 Å². The number of carboxylic acid groups (broad SMARTS) is 1. The Morgan fingerprint density at radius 2 is 2.06 bits per heavy atom. The minimum Gasteiger partial charge on any atom is -0.481 e. The molecule has 17 heavy (non-hydrogen) atoms. The van der Waals surface area contributed by atoms with Gasteiger partial charge >= 0.3 is 12.1 Å². The van der Waals surface area contributed by atoms with Crippen molar-refractivity contribution in [1.29, 1.82) is 0 Å². The second kappa shape index (κ2) is 4.94. The predicted octanol–water partition coefficient (Wildman–Crippen LogP) is 1.86. The topological polar surface area (TPSA) is 66.8 Å². The third-order valence-corrected chi connectivity index (χ3v) is 3.81.